The Kier molecular flexibility index (Phi) is 4.70. The lowest BCUT2D eigenvalue weighted by atomic mass is 9.95. The molecule has 3 N–H and O–H groups in total. The third-order valence-corrected chi connectivity index (χ3v) is 6.21. The molecule has 172 valence electrons. The van der Waals surface area contributed by atoms with Gasteiger partial charge in [-0.15, -0.1) is 0 Å². The van der Waals surface area contributed by atoms with E-state index in [-0.39, 0.29) is 0 Å². The maximum absolute atomic E-state index is 13.0. The fraction of sp³-hybridized carbons (Fsp3) is 0.115. The summed E-state index contributed by atoms with van der Waals surface area (Å²) in [6, 6.07) is 15.1. The summed E-state index contributed by atoms with van der Waals surface area (Å²) in [5.41, 5.74) is 10.6. The number of anilines is 1. The van der Waals surface area contributed by atoms with E-state index >= 15 is 0 Å². The van der Waals surface area contributed by atoms with Crippen molar-refractivity contribution < 1.29 is 4.42 Å². The van der Waals surface area contributed by atoms with Crippen LogP contribution in [-0.4, -0.2) is 29.9 Å². The lowest BCUT2D eigenvalue weighted by Crippen LogP contribution is -2.14. The number of nitrogens with one attached hydrogen (secondary N) is 1. The van der Waals surface area contributed by atoms with Gasteiger partial charge in [-0.05, 0) is 25.5 Å². The molecule has 0 saturated carbocycles. The molecule has 0 amide bonds. The van der Waals surface area contributed by atoms with Crippen molar-refractivity contribution in [1.82, 2.24) is 29.9 Å². The first-order valence-corrected chi connectivity index (χ1v) is 11.1. The number of H-pyrrole nitrogens is 1. The molecule has 4 aromatic heterocycles. The van der Waals surface area contributed by atoms with E-state index < -0.39 is 11.7 Å². The predicted octanol–water partition coefficient (Wildman–Crippen LogP) is 4.49. The normalized spacial score (nSPS) is 12.4. The highest BCUT2D eigenvalue weighted by molar-refractivity contribution is 5.99. The van der Waals surface area contributed by atoms with Crippen molar-refractivity contribution in [3.8, 4) is 22.4 Å². The highest BCUT2D eigenvalue weighted by atomic mass is 16.4. The molecule has 0 fully saturated rings. The van der Waals surface area contributed by atoms with Crippen molar-refractivity contribution in [1.29, 1.82) is 0 Å². The van der Waals surface area contributed by atoms with E-state index in [9.17, 15) is 4.79 Å². The molecule has 6 aromatic rings. The number of rotatable bonds is 4. The summed E-state index contributed by atoms with van der Waals surface area (Å²) in [6.45, 7) is 3.96. The van der Waals surface area contributed by atoms with Gasteiger partial charge in [-0.25, -0.2) is 19.4 Å². The van der Waals surface area contributed by atoms with Gasteiger partial charge in [0.05, 0.1) is 17.0 Å². The van der Waals surface area contributed by atoms with Gasteiger partial charge in [0.15, 0.2) is 5.65 Å². The van der Waals surface area contributed by atoms with Gasteiger partial charge in [-0.1, -0.05) is 48.0 Å². The van der Waals surface area contributed by atoms with Gasteiger partial charge in [-0.3, -0.25) is 5.10 Å². The summed E-state index contributed by atoms with van der Waals surface area (Å²) in [6.07, 6.45) is 4.80. The third-order valence-electron chi connectivity index (χ3n) is 6.21. The molecule has 1 atom stereocenters. The summed E-state index contributed by atoms with van der Waals surface area (Å²) in [4.78, 5) is 21.7. The maximum Gasteiger partial charge on any atom is 0.343 e. The summed E-state index contributed by atoms with van der Waals surface area (Å²) >= 11 is 0. The van der Waals surface area contributed by atoms with E-state index in [0.29, 0.717) is 33.7 Å². The van der Waals surface area contributed by atoms with Crippen molar-refractivity contribution >= 4 is 27.6 Å². The van der Waals surface area contributed by atoms with Crippen LogP contribution in [0.25, 0.3) is 44.2 Å². The maximum atomic E-state index is 13.0. The van der Waals surface area contributed by atoms with Crippen molar-refractivity contribution in [2.24, 2.45) is 0 Å². The highest BCUT2D eigenvalue weighted by Crippen LogP contribution is 2.38. The summed E-state index contributed by atoms with van der Waals surface area (Å²) in [5, 5.41) is 13.6. The number of nitrogens with zero attached hydrogens (tertiary/aromatic N) is 5. The first kappa shape index (κ1) is 20.8. The van der Waals surface area contributed by atoms with Crippen LogP contribution in [0, 0.1) is 6.92 Å². The fourth-order valence-electron chi connectivity index (χ4n) is 4.57. The van der Waals surface area contributed by atoms with Crippen LogP contribution < -0.4 is 11.4 Å². The number of aromatic amines is 1. The zero-order chi connectivity index (χ0) is 24.1. The average molecular weight is 464 g/mol. The minimum Gasteiger partial charge on any atom is -0.424 e. The molecule has 0 spiro atoms. The Balaban J connectivity index is 1.66. The summed E-state index contributed by atoms with van der Waals surface area (Å²) < 4.78 is 7.73. The van der Waals surface area contributed by atoms with Gasteiger partial charge in [0.25, 0.3) is 0 Å². The summed E-state index contributed by atoms with van der Waals surface area (Å²) in [5.74, 6) is 0.795. The topological polar surface area (TPSA) is 129 Å². The monoisotopic (exact) mass is 463 g/mol. The minimum absolute atomic E-state index is 0.309. The van der Waals surface area contributed by atoms with Gasteiger partial charge >= 0.3 is 5.63 Å². The molecular weight excluding hydrogens is 442 g/mol. The van der Waals surface area contributed by atoms with Crippen molar-refractivity contribution in [2.45, 2.75) is 19.9 Å². The quantitative estimate of drug-likeness (QED) is 0.394. The first-order valence-electron chi connectivity index (χ1n) is 11.1. The molecule has 0 bridgehead atoms. The molecule has 9 nitrogen and oxygen atoms in total. The number of benzene rings is 2. The van der Waals surface area contributed by atoms with E-state index in [0.717, 1.165) is 27.6 Å². The number of hydrogen-bond acceptors (Lipinski definition) is 7. The molecular formula is C26H21N7O2. The van der Waals surface area contributed by atoms with Crippen LogP contribution >= 0.6 is 0 Å². The number of aromatic nitrogens is 6. The van der Waals surface area contributed by atoms with Crippen molar-refractivity contribution in [2.75, 3.05) is 5.73 Å². The zero-order valence-corrected chi connectivity index (χ0v) is 19.1. The Morgan fingerprint density at radius 1 is 1.06 bits per heavy atom. The van der Waals surface area contributed by atoms with Crippen LogP contribution in [0.1, 0.15) is 24.3 Å². The van der Waals surface area contributed by atoms with Crippen LogP contribution in [0.2, 0.25) is 0 Å². The molecule has 1 unspecified atom stereocenters. The number of aryl methyl sites for hydroxylation is 1. The van der Waals surface area contributed by atoms with Crippen molar-refractivity contribution in [3.63, 3.8) is 0 Å². The molecule has 0 aliphatic rings. The lowest BCUT2D eigenvalue weighted by Gasteiger charge is -2.18. The zero-order valence-electron chi connectivity index (χ0n) is 19.1. The van der Waals surface area contributed by atoms with Gasteiger partial charge in [0.2, 0.25) is 0 Å². The second kappa shape index (κ2) is 7.91. The highest BCUT2D eigenvalue weighted by Gasteiger charge is 2.26. The molecule has 4 heterocycles. The van der Waals surface area contributed by atoms with E-state index in [2.05, 4.69) is 26.2 Å². The smallest absolute Gasteiger partial charge is 0.343 e. The molecule has 9 heteroatoms. The van der Waals surface area contributed by atoms with E-state index in [1.807, 2.05) is 50.2 Å². The molecule has 6 rings (SSSR count). The SMILES string of the molecule is Cc1cccc(-c2c(C(C)n3nc(-c4cn[nH]c4)c4c(N)ncnc43)oc(=O)c3ccccc23)c1. The Hall–Kier alpha value is -4.79. The fourth-order valence-corrected chi connectivity index (χ4v) is 4.57. The molecule has 0 aliphatic carbocycles. The second-order valence-corrected chi connectivity index (χ2v) is 8.46. The standard InChI is InChI=1S/C26H21N7O2/c1-14-6-5-7-16(10-14)20-18-8-3-4-9-19(18)26(34)35-23(20)15(2)33-25-21(24(27)28-13-29-25)22(32-33)17-11-30-31-12-17/h3-13,15H,1-2H3,(H,30,31)(H2,27,28,29). The van der Waals surface area contributed by atoms with Crippen LogP contribution in [0.4, 0.5) is 5.82 Å². The van der Waals surface area contributed by atoms with Crippen LogP contribution in [-0.2, 0) is 0 Å². The third kappa shape index (κ3) is 3.28. The number of nitrogen functional groups attached to an aromatic ring is 1. The van der Waals surface area contributed by atoms with Gasteiger partial charge in [0.1, 0.15) is 29.6 Å². The Morgan fingerprint density at radius 3 is 2.66 bits per heavy atom. The largest absolute Gasteiger partial charge is 0.424 e. The minimum atomic E-state index is -0.486. The van der Waals surface area contributed by atoms with Gasteiger partial charge in [0, 0.05) is 22.7 Å². The second-order valence-electron chi connectivity index (χ2n) is 8.46. The number of hydrogen-bond donors (Lipinski definition) is 2. The molecule has 0 aliphatic heterocycles. The van der Waals surface area contributed by atoms with Crippen LogP contribution in [0.3, 0.4) is 0 Å². The summed E-state index contributed by atoms with van der Waals surface area (Å²) in [7, 11) is 0. The van der Waals surface area contributed by atoms with Crippen molar-refractivity contribution in [3.05, 3.63) is 89.0 Å². The Morgan fingerprint density at radius 2 is 1.89 bits per heavy atom. The molecule has 0 radical (unpaired) electrons. The van der Waals surface area contributed by atoms with E-state index in [4.69, 9.17) is 15.2 Å². The lowest BCUT2D eigenvalue weighted by molar-refractivity contribution is 0.405. The first-order chi connectivity index (χ1) is 17.0. The number of fused-ring (bicyclic) bond motifs is 2. The molecule has 2 aromatic carbocycles. The van der Waals surface area contributed by atoms with Crippen LogP contribution in [0.5, 0.6) is 0 Å². The van der Waals surface area contributed by atoms with Gasteiger partial charge < -0.3 is 10.2 Å². The van der Waals surface area contributed by atoms with E-state index in [1.54, 1.807) is 23.1 Å². The Labute approximate surface area is 199 Å². The van der Waals surface area contributed by atoms with E-state index in [1.165, 1.54) is 6.33 Å². The van der Waals surface area contributed by atoms with Crippen LogP contribution in [0.15, 0.2) is 76.5 Å². The van der Waals surface area contributed by atoms with Gasteiger partial charge in [-0.2, -0.15) is 10.2 Å². The Bertz CT molecular complexity index is 1770. The predicted molar refractivity (Wildman–Crippen MR) is 134 cm³/mol. The molecule has 35 heavy (non-hydrogen) atoms. The average Bonchev–Trinajstić information content (AvgIpc) is 3.52. The number of nitrogens with two attached hydrogens (primary N) is 1. The molecule has 0 saturated heterocycles.